The number of benzene rings is 1. The Balaban J connectivity index is 2.22. The first kappa shape index (κ1) is 25.2. The molecule has 10 heteroatoms. The fourth-order valence-electron chi connectivity index (χ4n) is 3.25. The normalized spacial score (nSPS) is 13.8. The van der Waals surface area contributed by atoms with Crippen LogP contribution >= 0.6 is 0 Å². The number of hydrogen-bond donors (Lipinski definition) is 2. The van der Waals surface area contributed by atoms with E-state index in [1.54, 1.807) is 27.0 Å². The Labute approximate surface area is 189 Å². The molecule has 1 aromatic heterocycles. The number of ether oxygens (including phenoxy) is 1. The Hall–Kier alpha value is -3.10. The van der Waals surface area contributed by atoms with Crippen molar-refractivity contribution < 1.29 is 28.1 Å². The topological polar surface area (TPSA) is 142 Å². The molecular weight excluding hydrogens is 432 g/mol. The van der Waals surface area contributed by atoms with Crippen molar-refractivity contribution in [3.05, 3.63) is 41.6 Å². The summed E-state index contributed by atoms with van der Waals surface area (Å²) in [6.07, 6.45) is 2.16. The Morgan fingerprint density at radius 3 is 2.66 bits per heavy atom. The van der Waals surface area contributed by atoms with Gasteiger partial charge in [-0.25, -0.2) is 4.79 Å². The van der Waals surface area contributed by atoms with E-state index in [9.17, 15) is 18.6 Å². The number of carbonyl (C=O) groups is 3. The molecule has 9 nitrogen and oxygen atoms in total. The quantitative estimate of drug-likeness (QED) is 0.215. The summed E-state index contributed by atoms with van der Waals surface area (Å²) in [4.78, 5) is 43.1. The number of aromatic amines is 1. The molecule has 2 rings (SSSR count). The van der Waals surface area contributed by atoms with Crippen molar-refractivity contribution in [1.29, 1.82) is 0 Å². The summed E-state index contributed by atoms with van der Waals surface area (Å²) < 4.78 is 17.9. The molecule has 32 heavy (non-hydrogen) atoms. The van der Waals surface area contributed by atoms with E-state index < -0.39 is 45.9 Å². The molecule has 1 aromatic carbocycles. The lowest BCUT2D eigenvalue weighted by Gasteiger charge is -2.22. The van der Waals surface area contributed by atoms with Gasteiger partial charge in [-0.15, -0.1) is 0 Å². The molecule has 0 saturated heterocycles. The van der Waals surface area contributed by atoms with Crippen LogP contribution in [0.1, 0.15) is 39.2 Å². The van der Waals surface area contributed by atoms with Crippen molar-refractivity contribution in [3.63, 3.8) is 0 Å². The van der Waals surface area contributed by atoms with E-state index in [2.05, 4.69) is 15.1 Å². The Morgan fingerprint density at radius 1 is 1.28 bits per heavy atom. The third-order valence-corrected chi connectivity index (χ3v) is 6.39. The summed E-state index contributed by atoms with van der Waals surface area (Å²) in [5.41, 5.74) is 10.2. The second-order valence-electron chi connectivity index (χ2n) is 7.52. The number of ketones is 1. The number of esters is 1. The number of fused-ring (bicyclic) bond motifs is 1. The van der Waals surface area contributed by atoms with Gasteiger partial charge in [0.05, 0.1) is 6.10 Å². The van der Waals surface area contributed by atoms with Gasteiger partial charge in [0.2, 0.25) is 11.7 Å². The number of hydrogen-bond acceptors (Lipinski definition) is 5. The number of Topliss-reactive ketones (excluding diaryl/α,β-unsaturated/α-hetero) is 1. The first-order valence-corrected chi connectivity index (χ1v) is 11.8. The number of aromatic nitrogens is 1. The van der Waals surface area contributed by atoms with Gasteiger partial charge in [0.1, 0.15) is 11.3 Å². The van der Waals surface area contributed by atoms with Crippen LogP contribution in [0.5, 0.6) is 0 Å². The van der Waals surface area contributed by atoms with Crippen molar-refractivity contribution >= 4 is 45.6 Å². The molecule has 0 spiro atoms. The average molecular weight is 461 g/mol. The van der Waals surface area contributed by atoms with Crippen molar-refractivity contribution in [2.24, 2.45) is 0 Å². The van der Waals surface area contributed by atoms with E-state index in [0.29, 0.717) is 0 Å². The zero-order chi connectivity index (χ0) is 23.7. The third kappa shape index (κ3) is 6.96. The van der Waals surface area contributed by atoms with Crippen LogP contribution in [0.4, 0.5) is 0 Å². The molecule has 1 heterocycles. The summed E-state index contributed by atoms with van der Waals surface area (Å²) >= 11 is 0. The van der Waals surface area contributed by atoms with Crippen LogP contribution in [0, 0.1) is 0 Å². The number of rotatable bonds is 12. The third-order valence-electron chi connectivity index (χ3n) is 4.81. The monoisotopic (exact) mass is 460 g/mol. The van der Waals surface area contributed by atoms with Crippen molar-refractivity contribution in [1.82, 2.24) is 10.3 Å². The van der Waals surface area contributed by atoms with Crippen LogP contribution in [-0.2, 0) is 36.3 Å². The zero-order valence-electron chi connectivity index (χ0n) is 18.4. The highest BCUT2D eigenvalue weighted by atomic mass is 32.2. The summed E-state index contributed by atoms with van der Waals surface area (Å²) in [5, 5.41) is 2.67. The molecular formula is C22H28N4O5S. The largest absolute Gasteiger partial charge is 0.461 e. The molecule has 0 aliphatic rings. The molecule has 2 aromatic rings. The highest BCUT2D eigenvalue weighted by molar-refractivity contribution is 7.86. The smallest absolute Gasteiger partial charge is 0.328 e. The van der Waals surface area contributed by atoms with Crippen LogP contribution in [-0.4, -0.2) is 61.0 Å². The number of para-hydroxylation sites is 1. The minimum Gasteiger partial charge on any atom is -0.461 e. The van der Waals surface area contributed by atoms with Crippen LogP contribution in [0.15, 0.2) is 30.5 Å². The van der Waals surface area contributed by atoms with E-state index in [0.717, 1.165) is 22.7 Å². The fraction of sp³-hybridized carbons (Fsp3) is 0.455. The fourth-order valence-corrected chi connectivity index (χ4v) is 4.32. The number of amides is 1. The summed E-state index contributed by atoms with van der Waals surface area (Å²) in [5.74, 6) is -1.47. The van der Waals surface area contributed by atoms with Gasteiger partial charge in [-0.1, -0.05) is 25.1 Å². The molecule has 0 aliphatic heterocycles. The summed E-state index contributed by atoms with van der Waals surface area (Å²) in [7, 11) is -1.48. The predicted molar refractivity (Wildman–Crippen MR) is 122 cm³/mol. The van der Waals surface area contributed by atoms with Gasteiger partial charge in [0.25, 0.3) is 0 Å². The van der Waals surface area contributed by atoms with E-state index in [4.69, 9.17) is 10.3 Å². The van der Waals surface area contributed by atoms with Crippen molar-refractivity contribution in [3.8, 4) is 0 Å². The van der Waals surface area contributed by atoms with Crippen molar-refractivity contribution in [2.45, 2.75) is 57.4 Å². The van der Waals surface area contributed by atoms with Crippen LogP contribution in [0.25, 0.3) is 16.4 Å². The molecule has 0 fully saturated rings. The van der Waals surface area contributed by atoms with Gasteiger partial charge in [-0.3, -0.25) is 13.8 Å². The van der Waals surface area contributed by atoms with E-state index in [1.165, 1.54) is 0 Å². The van der Waals surface area contributed by atoms with Gasteiger partial charge in [0.15, 0.2) is 0 Å². The molecule has 0 bridgehead atoms. The maximum Gasteiger partial charge on any atom is 0.328 e. The maximum absolute atomic E-state index is 13.1. The highest BCUT2D eigenvalue weighted by Gasteiger charge is 2.31. The van der Waals surface area contributed by atoms with Crippen molar-refractivity contribution in [2.75, 3.05) is 5.75 Å². The SMILES string of the molecule is CCS(=O)[C@@H](Cc1c[nH]c2ccccc12)C(=O)N[C@@H](CCC(=O)C=[N+]=[N-])C(=O)OC(C)C. The number of carbonyl (C=O) groups excluding carboxylic acids is 3. The lowest BCUT2D eigenvalue weighted by Crippen LogP contribution is -2.48. The maximum atomic E-state index is 13.1. The van der Waals surface area contributed by atoms with Gasteiger partial charge < -0.3 is 20.6 Å². The first-order chi connectivity index (χ1) is 15.3. The number of H-pyrrole nitrogens is 1. The molecule has 0 aliphatic carbocycles. The summed E-state index contributed by atoms with van der Waals surface area (Å²) in [6, 6.07) is 6.51. The highest BCUT2D eigenvalue weighted by Crippen LogP contribution is 2.21. The van der Waals surface area contributed by atoms with E-state index >= 15 is 0 Å². The minimum absolute atomic E-state index is 0.0410. The standard InChI is InChI=1S/C22H28N4O5S/c1-4-32(30)20(11-15-12-24-18-8-6-5-7-17(15)18)21(28)26-19(22(29)31-14(2)3)10-9-16(27)13-25-23/h5-8,12-14,19-20,24H,4,9-11H2,1-3H3,(H,26,28)/t19-,20-,32?/m0/s1. The Bertz CT molecular complexity index is 1040. The lowest BCUT2D eigenvalue weighted by atomic mass is 10.1. The zero-order valence-corrected chi connectivity index (χ0v) is 19.2. The van der Waals surface area contributed by atoms with Crippen LogP contribution in [0.3, 0.4) is 0 Å². The molecule has 2 N–H and O–H groups in total. The second kappa shape index (κ2) is 12.1. The van der Waals surface area contributed by atoms with Gasteiger partial charge in [-0.2, -0.15) is 4.79 Å². The van der Waals surface area contributed by atoms with Gasteiger partial charge in [-0.05, 0) is 38.3 Å². The molecule has 1 amide bonds. The molecule has 0 radical (unpaired) electrons. The second-order valence-corrected chi connectivity index (χ2v) is 9.43. The van der Waals surface area contributed by atoms with E-state index in [-0.39, 0.29) is 25.0 Å². The van der Waals surface area contributed by atoms with Crippen LogP contribution < -0.4 is 5.32 Å². The number of nitrogens with one attached hydrogen (secondary N) is 2. The molecule has 3 atom stereocenters. The minimum atomic E-state index is -1.48. The first-order valence-electron chi connectivity index (χ1n) is 10.4. The van der Waals surface area contributed by atoms with Gasteiger partial charge >= 0.3 is 12.2 Å². The molecule has 0 saturated carbocycles. The Kier molecular flexibility index (Phi) is 9.49. The van der Waals surface area contributed by atoms with Crippen LogP contribution in [0.2, 0.25) is 0 Å². The molecule has 172 valence electrons. The summed E-state index contributed by atoms with van der Waals surface area (Å²) in [6.45, 7) is 5.07. The lowest BCUT2D eigenvalue weighted by molar-refractivity contribution is -0.151. The van der Waals surface area contributed by atoms with Gasteiger partial charge in [0, 0.05) is 40.1 Å². The van der Waals surface area contributed by atoms with E-state index in [1.807, 2.05) is 24.3 Å². The Morgan fingerprint density at radius 2 is 2.00 bits per heavy atom. The molecule has 1 unspecified atom stereocenters. The predicted octanol–water partition coefficient (Wildman–Crippen LogP) is 1.93. The number of nitrogens with zero attached hydrogens (tertiary/aromatic N) is 2. The average Bonchev–Trinajstić information content (AvgIpc) is 3.16.